The Morgan fingerprint density at radius 1 is 1.43 bits per heavy atom. The molecule has 0 radical (unpaired) electrons. The fourth-order valence-corrected chi connectivity index (χ4v) is 2.09. The van der Waals surface area contributed by atoms with Crippen molar-refractivity contribution in [2.75, 3.05) is 5.32 Å². The monoisotopic (exact) mass is 339 g/mol. The average molecular weight is 341 g/mol. The van der Waals surface area contributed by atoms with Crippen LogP contribution >= 0.6 is 43.5 Å². The minimum Gasteiger partial charge on any atom is -0.323 e. The molecule has 2 nitrogen and oxygen atoms in total. The van der Waals surface area contributed by atoms with E-state index in [1.54, 1.807) is 6.92 Å². The van der Waals surface area contributed by atoms with Gasteiger partial charge >= 0.3 is 0 Å². The van der Waals surface area contributed by atoms with E-state index in [2.05, 4.69) is 37.2 Å². The summed E-state index contributed by atoms with van der Waals surface area (Å²) in [4.78, 5) is 11.3. The second kappa shape index (κ2) is 5.14. The topological polar surface area (TPSA) is 29.1 Å². The number of nitrogens with one attached hydrogen (secondary N) is 1. The quantitative estimate of drug-likeness (QED) is 0.815. The fourth-order valence-electron chi connectivity index (χ4n) is 0.840. The van der Waals surface area contributed by atoms with E-state index in [0.717, 1.165) is 8.95 Å². The highest BCUT2D eigenvalue weighted by atomic mass is 79.9. The summed E-state index contributed by atoms with van der Waals surface area (Å²) in [6.45, 7) is 1.63. The molecule has 14 heavy (non-hydrogen) atoms. The van der Waals surface area contributed by atoms with Crippen LogP contribution in [0.1, 0.15) is 6.92 Å². The van der Waals surface area contributed by atoms with Gasteiger partial charge in [-0.1, -0.05) is 6.07 Å². The van der Waals surface area contributed by atoms with Gasteiger partial charge in [-0.15, -0.1) is 11.6 Å². The second-order valence-electron chi connectivity index (χ2n) is 2.70. The van der Waals surface area contributed by atoms with E-state index in [1.165, 1.54) is 0 Å². The van der Waals surface area contributed by atoms with Gasteiger partial charge in [0.05, 0.1) is 5.69 Å². The zero-order chi connectivity index (χ0) is 10.7. The number of alkyl halides is 1. The minimum atomic E-state index is -0.547. The molecule has 0 saturated heterocycles. The predicted octanol–water partition coefficient (Wildman–Crippen LogP) is 3.78. The van der Waals surface area contributed by atoms with Gasteiger partial charge in [0, 0.05) is 8.95 Å². The Morgan fingerprint density at radius 3 is 2.36 bits per heavy atom. The Bertz CT molecular complexity index is 334. The van der Waals surface area contributed by atoms with Gasteiger partial charge in [-0.25, -0.2) is 0 Å². The molecule has 1 rings (SSSR count). The molecule has 0 spiro atoms. The number of para-hydroxylation sites is 1. The number of carbonyl (C=O) groups excluding carboxylic acids is 1. The Hall–Kier alpha value is -0.0600. The van der Waals surface area contributed by atoms with Crippen molar-refractivity contribution in [1.82, 2.24) is 0 Å². The van der Waals surface area contributed by atoms with Gasteiger partial charge in [0.15, 0.2) is 0 Å². The Kier molecular flexibility index (Phi) is 4.41. The van der Waals surface area contributed by atoms with Gasteiger partial charge in [0.2, 0.25) is 5.91 Å². The third kappa shape index (κ3) is 2.97. The van der Waals surface area contributed by atoms with Crippen molar-refractivity contribution < 1.29 is 4.79 Å². The molecule has 0 aromatic heterocycles. The highest BCUT2D eigenvalue weighted by Gasteiger charge is 2.12. The number of anilines is 1. The summed E-state index contributed by atoms with van der Waals surface area (Å²) in [6.07, 6.45) is 0. The maximum atomic E-state index is 11.3. The average Bonchev–Trinajstić information content (AvgIpc) is 2.11. The summed E-state index contributed by atoms with van der Waals surface area (Å²) in [7, 11) is 0. The molecule has 1 aromatic carbocycles. The summed E-state index contributed by atoms with van der Waals surface area (Å²) in [5.74, 6) is -0.223. The van der Waals surface area contributed by atoms with Crippen molar-refractivity contribution >= 4 is 55.1 Å². The van der Waals surface area contributed by atoms with Crippen molar-refractivity contribution in [3.05, 3.63) is 27.1 Å². The summed E-state index contributed by atoms with van der Waals surface area (Å²) in [6, 6.07) is 5.56. The lowest BCUT2D eigenvalue weighted by molar-refractivity contribution is -0.115. The molecule has 5 heteroatoms. The third-order valence-corrected chi connectivity index (χ3v) is 3.09. The highest BCUT2D eigenvalue weighted by Crippen LogP contribution is 2.30. The molecular formula is C9H8Br2ClNO. The third-order valence-electron chi connectivity index (χ3n) is 1.57. The number of rotatable bonds is 2. The van der Waals surface area contributed by atoms with Crippen LogP contribution in [0, 0.1) is 0 Å². The first-order valence-corrected chi connectivity index (χ1v) is 5.93. The van der Waals surface area contributed by atoms with E-state index in [0.29, 0.717) is 5.69 Å². The van der Waals surface area contributed by atoms with Crippen LogP contribution in [0.25, 0.3) is 0 Å². The Labute approximate surface area is 104 Å². The van der Waals surface area contributed by atoms with Crippen LogP contribution in [-0.4, -0.2) is 11.3 Å². The van der Waals surface area contributed by atoms with E-state index in [9.17, 15) is 4.79 Å². The van der Waals surface area contributed by atoms with Gasteiger partial charge in [0.25, 0.3) is 0 Å². The lowest BCUT2D eigenvalue weighted by Gasteiger charge is -2.10. The van der Waals surface area contributed by atoms with E-state index in [-0.39, 0.29) is 5.91 Å². The summed E-state index contributed by atoms with van der Waals surface area (Å²) >= 11 is 12.3. The molecule has 1 amide bonds. The zero-order valence-electron chi connectivity index (χ0n) is 7.35. The number of hydrogen-bond donors (Lipinski definition) is 1. The van der Waals surface area contributed by atoms with Crippen LogP contribution in [0.15, 0.2) is 27.1 Å². The molecular weight excluding hydrogens is 333 g/mol. The van der Waals surface area contributed by atoms with Crippen molar-refractivity contribution in [3.63, 3.8) is 0 Å². The van der Waals surface area contributed by atoms with E-state index in [1.807, 2.05) is 18.2 Å². The first-order chi connectivity index (χ1) is 6.52. The second-order valence-corrected chi connectivity index (χ2v) is 5.07. The zero-order valence-corrected chi connectivity index (χ0v) is 11.3. The molecule has 0 fully saturated rings. The number of halogens is 3. The van der Waals surface area contributed by atoms with E-state index >= 15 is 0 Å². The normalized spacial score (nSPS) is 12.3. The molecule has 1 unspecified atom stereocenters. The molecule has 0 aliphatic carbocycles. The first-order valence-electron chi connectivity index (χ1n) is 3.91. The number of hydrogen-bond acceptors (Lipinski definition) is 1. The number of amides is 1. The first kappa shape index (κ1) is 12.0. The van der Waals surface area contributed by atoms with Crippen molar-refractivity contribution in [2.45, 2.75) is 12.3 Å². The molecule has 0 saturated carbocycles. The van der Waals surface area contributed by atoms with Crippen molar-refractivity contribution in [2.24, 2.45) is 0 Å². The van der Waals surface area contributed by atoms with E-state index < -0.39 is 5.38 Å². The van der Waals surface area contributed by atoms with Crippen molar-refractivity contribution in [1.29, 1.82) is 0 Å². The molecule has 0 bridgehead atoms. The Morgan fingerprint density at radius 2 is 1.93 bits per heavy atom. The van der Waals surface area contributed by atoms with Gasteiger partial charge in [-0.2, -0.15) is 0 Å². The summed E-state index contributed by atoms with van der Waals surface area (Å²) < 4.78 is 1.63. The summed E-state index contributed by atoms with van der Waals surface area (Å²) in [5, 5.41) is 2.17. The Balaban J connectivity index is 2.91. The van der Waals surface area contributed by atoms with Gasteiger partial charge in [-0.05, 0) is 50.9 Å². The predicted molar refractivity (Wildman–Crippen MR) is 65.8 cm³/mol. The highest BCUT2D eigenvalue weighted by molar-refractivity contribution is 9.11. The van der Waals surface area contributed by atoms with Crippen LogP contribution in [-0.2, 0) is 4.79 Å². The van der Waals surface area contributed by atoms with Crippen LogP contribution in [0.2, 0.25) is 0 Å². The summed E-state index contributed by atoms with van der Waals surface area (Å²) in [5.41, 5.74) is 0.699. The number of carbonyl (C=O) groups is 1. The lowest BCUT2D eigenvalue weighted by atomic mass is 10.3. The van der Waals surface area contributed by atoms with Gasteiger partial charge < -0.3 is 5.32 Å². The van der Waals surface area contributed by atoms with E-state index in [4.69, 9.17) is 11.6 Å². The maximum Gasteiger partial charge on any atom is 0.242 e. The fraction of sp³-hybridized carbons (Fsp3) is 0.222. The van der Waals surface area contributed by atoms with Crippen LogP contribution in [0.3, 0.4) is 0 Å². The largest absolute Gasteiger partial charge is 0.323 e. The molecule has 76 valence electrons. The van der Waals surface area contributed by atoms with Crippen LogP contribution < -0.4 is 5.32 Å². The van der Waals surface area contributed by atoms with Crippen LogP contribution in [0.4, 0.5) is 5.69 Å². The van der Waals surface area contributed by atoms with Gasteiger partial charge in [-0.3, -0.25) is 4.79 Å². The maximum absolute atomic E-state index is 11.3. The van der Waals surface area contributed by atoms with Gasteiger partial charge in [0.1, 0.15) is 5.38 Å². The van der Waals surface area contributed by atoms with Crippen LogP contribution in [0.5, 0.6) is 0 Å². The molecule has 0 aliphatic rings. The molecule has 1 N–H and O–H groups in total. The number of benzene rings is 1. The molecule has 0 aliphatic heterocycles. The lowest BCUT2D eigenvalue weighted by Crippen LogP contribution is -2.20. The molecule has 1 aromatic rings. The standard InChI is InChI=1S/C9H8Br2ClNO/c1-5(12)9(14)13-8-6(10)3-2-4-7(8)11/h2-5H,1H3,(H,13,14). The SMILES string of the molecule is CC(Cl)C(=O)Nc1c(Br)cccc1Br. The smallest absolute Gasteiger partial charge is 0.242 e. The van der Waals surface area contributed by atoms with Crippen molar-refractivity contribution in [3.8, 4) is 0 Å². The molecule has 1 atom stereocenters. The molecule has 0 heterocycles. The minimum absolute atomic E-state index is 0.223.